The predicted molar refractivity (Wildman–Crippen MR) is 126 cm³/mol. The van der Waals surface area contributed by atoms with E-state index >= 15 is 0 Å². The maximum atomic E-state index is 13.0. The number of rotatable bonds is 8. The van der Waals surface area contributed by atoms with Crippen molar-refractivity contribution in [1.29, 1.82) is 0 Å². The third kappa shape index (κ3) is 6.49. The monoisotopic (exact) mass is 459 g/mol. The highest BCUT2D eigenvalue weighted by Crippen LogP contribution is 2.22. The number of aromatic nitrogens is 2. The van der Waals surface area contributed by atoms with E-state index in [1.807, 2.05) is 20.8 Å². The molecule has 1 aliphatic rings. The van der Waals surface area contributed by atoms with Crippen molar-refractivity contribution in [3.05, 3.63) is 42.2 Å². The summed E-state index contributed by atoms with van der Waals surface area (Å²) in [5.74, 6) is 1.50. The third-order valence-electron chi connectivity index (χ3n) is 5.66. The molecular weight excluding hydrogens is 426 g/mol. The van der Waals surface area contributed by atoms with Crippen molar-refractivity contribution in [3.63, 3.8) is 0 Å². The van der Waals surface area contributed by atoms with Gasteiger partial charge in [-0.25, -0.2) is 18.4 Å². The van der Waals surface area contributed by atoms with Crippen LogP contribution in [0.25, 0.3) is 0 Å². The maximum Gasteiger partial charge on any atom is 0.243 e. The molecule has 0 saturated carbocycles. The SMILES string of the molecule is Cc1ccc(S(=O)(=O)NC(CC(C)C)C(=O)Nc2cc(N3CCC(C)CC3)ncn2)cc1. The van der Waals surface area contributed by atoms with Gasteiger partial charge in [-0.3, -0.25) is 4.79 Å². The van der Waals surface area contributed by atoms with Crippen LogP contribution in [-0.4, -0.2) is 43.4 Å². The molecular formula is C23H33N5O3S. The van der Waals surface area contributed by atoms with Gasteiger partial charge in [-0.1, -0.05) is 38.5 Å². The number of benzene rings is 1. The smallest absolute Gasteiger partial charge is 0.243 e. The number of nitrogens with zero attached hydrogens (tertiary/aromatic N) is 3. The minimum Gasteiger partial charge on any atom is -0.356 e. The molecule has 2 heterocycles. The molecule has 1 aromatic carbocycles. The summed E-state index contributed by atoms with van der Waals surface area (Å²) in [6, 6.07) is 7.37. The number of amides is 1. The van der Waals surface area contributed by atoms with Crippen LogP contribution in [0.4, 0.5) is 11.6 Å². The maximum absolute atomic E-state index is 13.0. The summed E-state index contributed by atoms with van der Waals surface area (Å²) in [5, 5.41) is 2.78. The van der Waals surface area contributed by atoms with Crippen LogP contribution in [0, 0.1) is 18.8 Å². The molecule has 32 heavy (non-hydrogen) atoms. The topological polar surface area (TPSA) is 104 Å². The van der Waals surface area contributed by atoms with Crippen molar-refractivity contribution < 1.29 is 13.2 Å². The van der Waals surface area contributed by atoms with Gasteiger partial charge < -0.3 is 10.2 Å². The highest BCUT2D eigenvalue weighted by molar-refractivity contribution is 7.89. The number of piperidine rings is 1. The standard InChI is InChI=1S/C23H33N5O3S/c1-16(2)13-20(27-32(30,31)19-7-5-17(3)6-8-19)23(29)26-21-14-22(25-15-24-21)28-11-9-18(4)10-12-28/h5-8,14-16,18,20,27H,9-13H2,1-4H3,(H,24,25,26,29). The van der Waals surface area contributed by atoms with Crippen LogP contribution in [-0.2, 0) is 14.8 Å². The van der Waals surface area contributed by atoms with E-state index in [0.717, 1.165) is 37.3 Å². The van der Waals surface area contributed by atoms with E-state index in [-0.39, 0.29) is 10.8 Å². The van der Waals surface area contributed by atoms with E-state index < -0.39 is 22.0 Å². The van der Waals surface area contributed by atoms with Crippen molar-refractivity contribution in [1.82, 2.24) is 14.7 Å². The average molecular weight is 460 g/mol. The molecule has 8 nitrogen and oxygen atoms in total. The van der Waals surface area contributed by atoms with E-state index in [1.165, 1.54) is 18.5 Å². The lowest BCUT2D eigenvalue weighted by Crippen LogP contribution is -2.44. The molecule has 2 aromatic rings. The second kappa shape index (κ2) is 10.4. The number of hydrogen-bond acceptors (Lipinski definition) is 6. The van der Waals surface area contributed by atoms with Gasteiger partial charge in [0.25, 0.3) is 0 Å². The van der Waals surface area contributed by atoms with E-state index in [9.17, 15) is 13.2 Å². The zero-order chi connectivity index (χ0) is 23.3. The first-order chi connectivity index (χ1) is 15.1. The van der Waals surface area contributed by atoms with Gasteiger partial charge in [0, 0.05) is 19.2 Å². The van der Waals surface area contributed by atoms with Crippen LogP contribution >= 0.6 is 0 Å². The Kier molecular flexibility index (Phi) is 7.84. The van der Waals surface area contributed by atoms with E-state index in [1.54, 1.807) is 18.2 Å². The van der Waals surface area contributed by atoms with Crippen LogP contribution in [0.15, 0.2) is 41.6 Å². The lowest BCUT2D eigenvalue weighted by Gasteiger charge is -2.31. The second-order valence-corrected chi connectivity index (χ2v) is 10.8. The van der Waals surface area contributed by atoms with E-state index in [4.69, 9.17) is 0 Å². The third-order valence-corrected chi connectivity index (χ3v) is 7.15. The number of carbonyl (C=O) groups excluding carboxylic acids is 1. The summed E-state index contributed by atoms with van der Waals surface area (Å²) < 4.78 is 28.3. The van der Waals surface area contributed by atoms with Crippen LogP contribution < -0.4 is 14.9 Å². The first kappa shape index (κ1) is 24.1. The Morgan fingerprint density at radius 1 is 1.16 bits per heavy atom. The average Bonchev–Trinajstić information content (AvgIpc) is 2.74. The molecule has 0 bridgehead atoms. The van der Waals surface area contributed by atoms with E-state index in [2.05, 4.69) is 31.8 Å². The molecule has 9 heteroatoms. The molecule has 0 spiro atoms. The Balaban J connectivity index is 1.73. The van der Waals surface area contributed by atoms with Gasteiger partial charge in [-0.15, -0.1) is 0 Å². The lowest BCUT2D eigenvalue weighted by molar-refractivity contribution is -0.118. The normalized spacial score (nSPS) is 16.2. The molecule has 1 unspecified atom stereocenters. The molecule has 1 saturated heterocycles. The molecule has 0 radical (unpaired) electrons. The minimum absolute atomic E-state index is 0.114. The lowest BCUT2D eigenvalue weighted by atomic mass is 9.99. The predicted octanol–water partition coefficient (Wildman–Crippen LogP) is 3.35. The number of nitrogens with one attached hydrogen (secondary N) is 2. The Hall–Kier alpha value is -2.52. The summed E-state index contributed by atoms with van der Waals surface area (Å²) in [5.41, 5.74) is 0.961. The quantitative estimate of drug-likeness (QED) is 0.627. The summed E-state index contributed by atoms with van der Waals surface area (Å²) in [4.78, 5) is 23.9. The largest absolute Gasteiger partial charge is 0.356 e. The molecule has 1 amide bonds. The van der Waals surface area contributed by atoms with Crippen molar-refractivity contribution in [2.75, 3.05) is 23.3 Å². The van der Waals surface area contributed by atoms with Crippen LogP contribution in [0.3, 0.4) is 0 Å². The highest BCUT2D eigenvalue weighted by Gasteiger charge is 2.27. The Morgan fingerprint density at radius 3 is 2.44 bits per heavy atom. The number of hydrogen-bond donors (Lipinski definition) is 2. The summed E-state index contributed by atoms with van der Waals surface area (Å²) in [7, 11) is -3.84. The molecule has 2 N–H and O–H groups in total. The van der Waals surface area contributed by atoms with Gasteiger partial charge in [0.15, 0.2) is 0 Å². The van der Waals surface area contributed by atoms with Crippen molar-refractivity contribution in [2.45, 2.75) is 57.9 Å². The van der Waals surface area contributed by atoms with Gasteiger partial charge in [0.1, 0.15) is 24.0 Å². The van der Waals surface area contributed by atoms with Gasteiger partial charge in [-0.2, -0.15) is 4.72 Å². The zero-order valence-electron chi connectivity index (χ0n) is 19.2. The molecule has 1 fully saturated rings. The van der Waals surface area contributed by atoms with Gasteiger partial charge in [0.2, 0.25) is 15.9 Å². The Morgan fingerprint density at radius 2 is 1.81 bits per heavy atom. The molecule has 1 aromatic heterocycles. The van der Waals surface area contributed by atoms with Gasteiger partial charge in [0.05, 0.1) is 4.90 Å². The summed E-state index contributed by atoms with van der Waals surface area (Å²) in [6.45, 7) is 9.85. The number of sulfonamides is 1. The fourth-order valence-corrected chi connectivity index (χ4v) is 4.90. The first-order valence-electron chi connectivity index (χ1n) is 11.1. The fourth-order valence-electron chi connectivity index (χ4n) is 3.69. The molecule has 1 atom stereocenters. The summed E-state index contributed by atoms with van der Waals surface area (Å²) >= 11 is 0. The van der Waals surface area contributed by atoms with Gasteiger partial charge in [-0.05, 0) is 50.2 Å². The molecule has 174 valence electrons. The van der Waals surface area contributed by atoms with Crippen LogP contribution in [0.2, 0.25) is 0 Å². The van der Waals surface area contributed by atoms with Crippen LogP contribution in [0.5, 0.6) is 0 Å². The van der Waals surface area contributed by atoms with Crippen molar-refractivity contribution in [2.24, 2.45) is 11.8 Å². The molecule has 0 aliphatic carbocycles. The molecule has 1 aliphatic heterocycles. The number of carbonyl (C=O) groups is 1. The number of aryl methyl sites for hydroxylation is 1. The molecule has 3 rings (SSSR count). The fraction of sp³-hybridized carbons (Fsp3) is 0.522. The zero-order valence-corrected chi connectivity index (χ0v) is 20.0. The Labute approximate surface area is 190 Å². The van der Waals surface area contributed by atoms with Gasteiger partial charge >= 0.3 is 0 Å². The van der Waals surface area contributed by atoms with Crippen molar-refractivity contribution in [3.8, 4) is 0 Å². The highest BCUT2D eigenvalue weighted by atomic mass is 32.2. The van der Waals surface area contributed by atoms with Crippen LogP contribution in [0.1, 0.15) is 45.6 Å². The van der Waals surface area contributed by atoms with Crippen molar-refractivity contribution >= 4 is 27.6 Å². The summed E-state index contributed by atoms with van der Waals surface area (Å²) in [6.07, 6.45) is 3.99. The minimum atomic E-state index is -3.84. The van der Waals surface area contributed by atoms with E-state index in [0.29, 0.717) is 18.2 Å². The second-order valence-electron chi connectivity index (χ2n) is 9.04. The first-order valence-corrected chi connectivity index (χ1v) is 12.6. The Bertz CT molecular complexity index is 1020. The number of anilines is 2.